The summed E-state index contributed by atoms with van der Waals surface area (Å²) in [6.07, 6.45) is 2.33. The van der Waals surface area contributed by atoms with Gasteiger partial charge in [-0.2, -0.15) is 4.98 Å². The molecule has 1 aliphatic carbocycles. The largest absolute Gasteiger partial charge is 0.366 e. The van der Waals surface area contributed by atoms with Crippen molar-refractivity contribution in [3.63, 3.8) is 0 Å². The molecular weight excluding hydrogens is 364 g/mol. The number of halogens is 1. The number of hydrogen-bond acceptors (Lipinski definition) is 5. The van der Waals surface area contributed by atoms with E-state index < -0.39 is 5.91 Å². The number of hydrogen-bond donors (Lipinski definition) is 1. The molecule has 27 heavy (non-hydrogen) atoms. The zero-order valence-electron chi connectivity index (χ0n) is 14.6. The van der Waals surface area contributed by atoms with Gasteiger partial charge in [0.15, 0.2) is 0 Å². The van der Waals surface area contributed by atoms with E-state index in [2.05, 4.69) is 15.0 Å². The van der Waals surface area contributed by atoms with E-state index in [0.717, 1.165) is 30.5 Å². The minimum Gasteiger partial charge on any atom is -0.366 e. The van der Waals surface area contributed by atoms with Crippen LogP contribution < -0.4 is 5.73 Å². The summed E-state index contributed by atoms with van der Waals surface area (Å²) in [5, 5.41) is 4.75. The Morgan fingerprint density at radius 2 is 1.81 bits per heavy atom. The van der Waals surface area contributed by atoms with E-state index in [1.807, 2.05) is 24.3 Å². The van der Waals surface area contributed by atoms with E-state index in [0.29, 0.717) is 34.9 Å². The van der Waals surface area contributed by atoms with Gasteiger partial charge in [0.05, 0.1) is 6.54 Å². The number of benzene rings is 2. The van der Waals surface area contributed by atoms with Crippen LogP contribution in [0.5, 0.6) is 0 Å². The lowest BCUT2D eigenvalue weighted by Crippen LogP contribution is -2.25. The molecule has 0 saturated heterocycles. The van der Waals surface area contributed by atoms with Crippen molar-refractivity contribution in [3.8, 4) is 11.4 Å². The molecule has 7 heteroatoms. The Balaban J connectivity index is 1.46. The summed E-state index contributed by atoms with van der Waals surface area (Å²) >= 11 is 5.92. The highest BCUT2D eigenvalue weighted by Crippen LogP contribution is 2.30. The molecule has 1 aliphatic rings. The minimum atomic E-state index is -0.416. The van der Waals surface area contributed by atoms with Crippen LogP contribution in [-0.2, 0) is 13.1 Å². The molecule has 1 heterocycles. The van der Waals surface area contributed by atoms with Gasteiger partial charge in [0.1, 0.15) is 0 Å². The second kappa shape index (κ2) is 7.50. The monoisotopic (exact) mass is 382 g/mol. The number of carbonyl (C=O) groups is 1. The van der Waals surface area contributed by atoms with Gasteiger partial charge in [0, 0.05) is 28.7 Å². The third-order valence-electron chi connectivity index (χ3n) is 4.60. The molecule has 0 unspecified atom stereocenters. The maximum absolute atomic E-state index is 11.2. The van der Waals surface area contributed by atoms with Gasteiger partial charge >= 0.3 is 0 Å². The van der Waals surface area contributed by atoms with Crippen molar-refractivity contribution in [2.75, 3.05) is 0 Å². The summed E-state index contributed by atoms with van der Waals surface area (Å²) in [7, 11) is 0. The van der Waals surface area contributed by atoms with Crippen molar-refractivity contribution in [3.05, 3.63) is 70.6 Å². The number of amides is 1. The first-order valence-electron chi connectivity index (χ1n) is 8.80. The molecule has 138 valence electrons. The molecule has 0 radical (unpaired) electrons. The lowest BCUT2D eigenvalue weighted by atomic mass is 10.1. The Bertz CT molecular complexity index is 933. The van der Waals surface area contributed by atoms with E-state index in [4.69, 9.17) is 21.9 Å². The third kappa shape index (κ3) is 4.35. The summed E-state index contributed by atoms with van der Waals surface area (Å²) < 4.78 is 5.45. The normalized spacial score (nSPS) is 13.9. The fourth-order valence-electron chi connectivity index (χ4n) is 2.97. The van der Waals surface area contributed by atoms with E-state index in [1.165, 1.54) is 0 Å². The first-order valence-corrected chi connectivity index (χ1v) is 9.17. The highest BCUT2D eigenvalue weighted by molar-refractivity contribution is 6.30. The predicted octanol–water partition coefficient (Wildman–Crippen LogP) is 3.65. The average Bonchev–Trinajstić information content (AvgIpc) is 3.42. The summed E-state index contributed by atoms with van der Waals surface area (Å²) in [4.78, 5) is 18.0. The van der Waals surface area contributed by atoms with Gasteiger partial charge in [-0.1, -0.05) is 28.9 Å². The Kier molecular flexibility index (Phi) is 4.92. The second-order valence-electron chi connectivity index (χ2n) is 6.72. The number of nitrogens with zero attached hydrogens (tertiary/aromatic N) is 3. The Morgan fingerprint density at radius 1 is 1.11 bits per heavy atom. The van der Waals surface area contributed by atoms with E-state index >= 15 is 0 Å². The zero-order chi connectivity index (χ0) is 18.8. The SMILES string of the molecule is NC(=O)c1ccc(CN(Cc2nc(-c3ccc(Cl)cc3)no2)C2CC2)cc1. The molecule has 0 bridgehead atoms. The maximum Gasteiger partial charge on any atom is 0.248 e. The summed E-state index contributed by atoms with van der Waals surface area (Å²) in [5.41, 5.74) is 7.80. The Labute approximate surface area is 161 Å². The molecule has 2 aromatic carbocycles. The molecule has 1 fully saturated rings. The van der Waals surface area contributed by atoms with Crippen molar-refractivity contribution < 1.29 is 9.32 Å². The van der Waals surface area contributed by atoms with Crippen molar-refractivity contribution in [1.29, 1.82) is 0 Å². The first kappa shape index (κ1) is 17.7. The van der Waals surface area contributed by atoms with Crippen molar-refractivity contribution in [1.82, 2.24) is 15.0 Å². The van der Waals surface area contributed by atoms with Crippen LogP contribution in [0.4, 0.5) is 0 Å². The topological polar surface area (TPSA) is 85.3 Å². The number of primary amides is 1. The molecule has 0 spiro atoms. The van der Waals surface area contributed by atoms with Gasteiger partial charge in [0.25, 0.3) is 0 Å². The molecule has 4 rings (SSSR count). The number of carbonyl (C=O) groups excluding carboxylic acids is 1. The molecule has 1 amide bonds. The molecule has 2 N–H and O–H groups in total. The van der Waals surface area contributed by atoms with Crippen molar-refractivity contribution in [2.45, 2.75) is 32.0 Å². The Morgan fingerprint density at radius 3 is 2.44 bits per heavy atom. The van der Waals surface area contributed by atoms with Crippen LogP contribution in [0.3, 0.4) is 0 Å². The van der Waals surface area contributed by atoms with Crippen LogP contribution in [0.1, 0.15) is 34.7 Å². The van der Waals surface area contributed by atoms with E-state index in [1.54, 1.807) is 24.3 Å². The molecular formula is C20H19ClN4O2. The quantitative estimate of drug-likeness (QED) is 0.674. The van der Waals surface area contributed by atoms with Gasteiger partial charge in [-0.25, -0.2) is 0 Å². The molecule has 3 aromatic rings. The van der Waals surface area contributed by atoms with Crippen LogP contribution >= 0.6 is 11.6 Å². The molecule has 0 atom stereocenters. The smallest absolute Gasteiger partial charge is 0.248 e. The highest BCUT2D eigenvalue weighted by atomic mass is 35.5. The van der Waals surface area contributed by atoms with Crippen LogP contribution in [-0.4, -0.2) is 27.0 Å². The fraction of sp³-hybridized carbons (Fsp3) is 0.250. The van der Waals surface area contributed by atoms with Gasteiger partial charge < -0.3 is 10.3 Å². The third-order valence-corrected chi connectivity index (χ3v) is 4.85. The Hall–Kier alpha value is -2.70. The maximum atomic E-state index is 11.2. The van der Waals surface area contributed by atoms with Crippen LogP contribution in [0, 0.1) is 0 Å². The fourth-order valence-corrected chi connectivity index (χ4v) is 3.10. The molecule has 6 nitrogen and oxygen atoms in total. The summed E-state index contributed by atoms with van der Waals surface area (Å²) in [6, 6.07) is 15.3. The molecule has 1 saturated carbocycles. The minimum absolute atomic E-state index is 0.416. The molecule has 1 aromatic heterocycles. The number of rotatable bonds is 7. The van der Waals surface area contributed by atoms with Crippen molar-refractivity contribution in [2.24, 2.45) is 5.73 Å². The summed E-state index contributed by atoms with van der Waals surface area (Å²) in [5.74, 6) is 0.727. The van der Waals surface area contributed by atoms with Crippen LogP contribution in [0.2, 0.25) is 5.02 Å². The summed E-state index contributed by atoms with van der Waals surface area (Å²) in [6.45, 7) is 1.34. The average molecular weight is 383 g/mol. The second-order valence-corrected chi connectivity index (χ2v) is 7.15. The van der Waals surface area contributed by atoms with Crippen LogP contribution in [0.15, 0.2) is 53.1 Å². The predicted molar refractivity (Wildman–Crippen MR) is 102 cm³/mol. The molecule has 0 aliphatic heterocycles. The van der Waals surface area contributed by atoms with Gasteiger partial charge in [-0.3, -0.25) is 9.69 Å². The van der Waals surface area contributed by atoms with Gasteiger partial charge in [-0.15, -0.1) is 0 Å². The van der Waals surface area contributed by atoms with Gasteiger partial charge in [-0.05, 0) is 54.8 Å². The number of aromatic nitrogens is 2. The van der Waals surface area contributed by atoms with Crippen molar-refractivity contribution >= 4 is 17.5 Å². The van der Waals surface area contributed by atoms with E-state index in [-0.39, 0.29) is 0 Å². The number of nitrogens with two attached hydrogens (primary N) is 1. The van der Waals surface area contributed by atoms with Crippen LogP contribution in [0.25, 0.3) is 11.4 Å². The lowest BCUT2D eigenvalue weighted by Gasteiger charge is -2.20. The first-order chi connectivity index (χ1) is 13.1. The van der Waals surface area contributed by atoms with Gasteiger partial charge in [0.2, 0.25) is 17.6 Å². The standard InChI is InChI=1S/C20H19ClN4O2/c21-16-7-5-15(6-8-16)20-23-18(27-24-20)12-25(17-9-10-17)11-13-1-3-14(4-2-13)19(22)26/h1-8,17H,9-12H2,(H2,22,26). The lowest BCUT2D eigenvalue weighted by molar-refractivity contribution is 0.100. The van der Waals surface area contributed by atoms with E-state index in [9.17, 15) is 4.79 Å². The highest BCUT2D eigenvalue weighted by Gasteiger charge is 2.30. The zero-order valence-corrected chi connectivity index (χ0v) is 15.4.